The van der Waals surface area contributed by atoms with Gasteiger partial charge in [0.15, 0.2) is 0 Å². The van der Waals surface area contributed by atoms with Crippen molar-refractivity contribution in [2.45, 2.75) is 59.2 Å². The molecule has 0 saturated carbocycles. The molecule has 0 aliphatic heterocycles. The number of aryl methyl sites for hydroxylation is 2. The third-order valence-electron chi connectivity index (χ3n) is 5.73. The average molecular weight is 468 g/mol. The fourth-order valence-corrected chi connectivity index (χ4v) is 4.71. The Kier molecular flexibility index (Phi) is 6.78. The summed E-state index contributed by atoms with van der Waals surface area (Å²) in [6, 6.07) is 11.8. The van der Waals surface area contributed by atoms with Crippen molar-refractivity contribution in [1.29, 1.82) is 0 Å². The number of nitrogens with zero attached hydrogens (tertiary/aromatic N) is 4. The van der Waals surface area contributed by atoms with Crippen molar-refractivity contribution in [3.8, 4) is 0 Å². The molecule has 0 aliphatic rings. The van der Waals surface area contributed by atoms with Gasteiger partial charge in [-0.15, -0.1) is 16.4 Å². The van der Waals surface area contributed by atoms with E-state index in [1.807, 2.05) is 25.1 Å². The number of carbonyl (C=O) groups is 1. The average Bonchev–Trinajstić information content (AvgIpc) is 3.38. The van der Waals surface area contributed by atoms with Gasteiger partial charge in [-0.1, -0.05) is 44.2 Å². The van der Waals surface area contributed by atoms with E-state index in [4.69, 9.17) is 0 Å². The third-order valence-corrected chi connectivity index (χ3v) is 6.62. The quantitative estimate of drug-likeness (QED) is 0.410. The minimum absolute atomic E-state index is 0.0433. The summed E-state index contributed by atoms with van der Waals surface area (Å²) in [6.45, 7) is 6.39. The number of nitrogens with one attached hydrogen (secondary N) is 1. The van der Waals surface area contributed by atoms with Gasteiger partial charge in [0.2, 0.25) is 11.7 Å². The van der Waals surface area contributed by atoms with Crippen LogP contribution in [0.2, 0.25) is 0 Å². The molecule has 1 N–H and O–H groups in total. The van der Waals surface area contributed by atoms with Crippen molar-refractivity contribution in [3.63, 3.8) is 0 Å². The van der Waals surface area contributed by atoms with Crippen LogP contribution in [0.15, 0.2) is 51.4 Å². The zero-order valence-corrected chi connectivity index (χ0v) is 20.0. The van der Waals surface area contributed by atoms with E-state index in [2.05, 4.69) is 36.4 Å². The van der Waals surface area contributed by atoms with Gasteiger partial charge >= 0.3 is 5.69 Å². The van der Waals surface area contributed by atoms with Crippen molar-refractivity contribution in [3.05, 3.63) is 68.2 Å². The Labute approximate surface area is 195 Å². The first-order valence-corrected chi connectivity index (χ1v) is 12.2. The van der Waals surface area contributed by atoms with Gasteiger partial charge in [0.25, 0.3) is 5.56 Å². The Hall–Kier alpha value is -3.20. The standard InChI is InChI=1S/C24H29N5O3S/c1-16(2)11-13-27-22(31)21-19(12-14-33-21)29-23(27)26-28(24(29)32)15-20(30)25-17(3)9-10-18-7-5-4-6-8-18/h4-8,12,14,16-17H,9-11,13,15H2,1-3H3,(H,25,30). The molecular formula is C24H29N5O3S. The van der Waals surface area contributed by atoms with Crippen LogP contribution in [0.25, 0.3) is 16.0 Å². The maximum Gasteiger partial charge on any atom is 0.352 e. The number of thiophene rings is 1. The number of rotatable bonds is 9. The van der Waals surface area contributed by atoms with Gasteiger partial charge in [0.1, 0.15) is 11.2 Å². The van der Waals surface area contributed by atoms with E-state index in [1.165, 1.54) is 21.3 Å². The summed E-state index contributed by atoms with van der Waals surface area (Å²) in [7, 11) is 0. The van der Waals surface area contributed by atoms with Crippen LogP contribution in [0.4, 0.5) is 0 Å². The molecule has 1 aromatic carbocycles. The van der Waals surface area contributed by atoms with Gasteiger partial charge in [-0.3, -0.25) is 14.2 Å². The summed E-state index contributed by atoms with van der Waals surface area (Å²) >= 11 is 1.31. The second kappa shape index (κ2) is 9.74. The second-order valence-electron chi connectivity index (χ2n) is 8.84. The lowest BCUT2D eigenvalue weighted by Gasteiger charge is -2.13. The highest BCUT2D eigenvalue weighted by Crippen LogP contribution is 2.17. The van der Waals surface area contributed by atoms with E-state index in [-0.39, 0.29) is 29.8 Å². The fraction of sp³-hybridized carbons (Fsp3) is 0.417. The maximum absolute atomic E-state index is 13.1. The van der Waals surface area contributed by atoms with E-state index >= 15 is 0 Å². The molecule has 1 amide bonds. The lowest BCUT2D eigenvalue weighted by atomic mass is 10.1. The van der Waals surface area contributed by atoms with Crippen molar-refractivity contribution >= 4 is 33.2 Å². The number of fused-ring (bicyclic) bond motifs is 3. The monoisotopic (exact) mass is 467 g/mol. The summed E-state index contributed by atoms with van der Waals surface area (Å²) in [5.74, 6) is 0.396. The number of carbonyl (C=O) groups excluding carboxylic acids is 1. The molecule has 4 rings (SSSR count). The van der Waals surface area contributed by atoms with Crippen LogP contribution >= 0.6 is 11.3 Å². The molecule has 1 atom stereocenters. The number of hydrogen-bond donors (Lipinski definition) is 1. The van der Waals surface area contributed by atoms with Crippen LogP contribution in [-0.2, 0) is 24.3 Å². The molecule has 0 fully saturated rings. The molecule has 174 valence electrons. The molecule has 4 aromatic rings. The van der Waals surface area contributed by atoms with Crippen LogP contribution in [0.1, 0.15) is 39.2 Å². The van der Waals surface area contributed by atoms with E-state index in [9.17, 15) is 14.4 Å². The van der Waals surface area contributed by atoms with E-state index in [1.54, 1.807) is 16.0 Å². The van der Waals surface area contributed by atoms with E-state index < -0.39 is 5.69 Å². The Morgan fingerprint density at radius 1 is 1.09 bits per heavy atom. The summed E-state index contributed by atoms with van der Waals surface area (Å²) < 4.78 is 4.67. The molecule has 0 saturated heterocycles. The van der Waals surface area contributed by atoms with Crippen molar-refractivity contribution in [2.75, 3.05) is 0 Å². The van der Waals surface area contributed by atoms with E-state index in [0.29, 0.717) is 22.7 Å². The second-order valence-corrected chi connectivity index (χ2v) is 9.76. The molecule has 0 bridgehead atoms. The molecule has 8 nitrogen and oxygen atoms in total. The number of aromatic nitrogens is 4. The first kappa shape index (κ1) is 23.0. The number of hydrogen-bond acceptors (Lipinski definition) is 5. The smallest absolute Gasteiger partial charge is 0.352 e. The van der Waals surface area contributed by atoms with Gasteiger partial charge in [0, 0.05) is 12.6 Å². The third kappa shape index (κ3) is 4.93. The van der Waals surface area contributed by atoms with Gasteiger partial charge in [-0.25, -0.2) is 13.9 Å². The number of amides is 1. The maximum atomic E-state index is 13.1. The van der Waals surface area contributed by atoms with Gasteiger partial charge < -0.3 is 5.32 Å². The zero-order valence-electron chi connectivity index (χ0n) is 19.2. The van der Waals surface area contributed by atoms with Crippen LogP contribution in [-0.4, -0.2) is 30.7 Å². The van der Waals surface area contributed by atoms with Gasteiger partial charge in [0.05, 0.1) is 5.52 Å². The Morgan fingerprint density at radius 2 is 1.85 bits per heavy atom. The summed E-state index contributed by atoms with van der Waals surface area (Å²) in [5.41, 5.74) is 1.19. The largest absolute Gasteiger partial charge is 0.352 e. The minimum atomic E-state index is -0.418. The van der Waals surface area contributed by atoms with Crippen molar-refractivity contribution in [2.24, 2.45) is 5.92 Å². The normalized spacial score (nSPS) is 12.6. The summed E-state index contributed by atoms with van der Waals surface area (Å²) in [5, 5.41) is 9.14. The molecule has 3 heterocycles. The molecule has 3 aromatic heterocycles. The van der Waals surface area contributed by atoms with Crippen molar-refractivity contribution < 1.29 is 4.79 Å². The molecule has 33 heavy (non-hydrogen) atoms. The fourth-order valence-electron chi connectivity index (χ4n) is 3.88. The van der Waals surface area contributed by atoms with Crippen LogP contribution < -0.4 is 16.6 Å². The first-order chi connectivity index (χ1) is 15.8. The van der Waals surface area contributed by atoms with Gasteiger partial charge in [-0.05, 0) is 49.1 Å². The summed E-state index contributed by atoms with van der Waals surface area (Å²) in [6.07, 6.45) is 2.43. The molecular weight excluding hydrogens is 438 g/mol. The van der Waals surface area contributed by atoms with Gasteiger partial charge in [-0.2, -0.15) is 0 Å². The molecule has 9 heteroatoms. The van der Waals surface area contributed by atoms with E-state index in [0.717, 1.165) is 23.9 Å². The lowest BCUT2D eigenvalue weighted by molar-refractivity contribution is -0.122. The predicted molar refractivity (Wildman–Crippen MR) is 131 cm³/mol. The molecule has 1 unspecified atom stereocenters. The van der Waals surface area contributed by atoms with Crippen molar-refractivity contribution in [1.82, 2.24) is 24.1 Å². The minimum Gasteiger partial charge on any atom is -0.352 e. The lowest BCUT2D eigenvalue weighted by Crippen LogP contribution is -2.38. The summed E-state index contributed by atoms with van der Waals surface area (Å²) in [4.78, 5) is 38.8. The highest BCUT2D eigenvalue weighted by Gasteiger charge is 2.20. The molecule has 0 radical (unpaired) electrons. The molecule has 0 spiro atoms. The molecule has 0 aliphatic carbocycles. The number of benzene rings is 1. The Bertz CT molecular complexity index is 1380. The zero-order chi connectivity index (χ0) is 23.5. The highest BCUT2D eigenvalue weighted by atomic mass is 32.1. The Morgan fingerprint density at radius 3 is 2.58 bits per heavy atom. The van der Waals surface area contributed by atoms with Crippen LogP contribution in [0, 0.1) is 5.92 Å². The highest BCUT2D eigenvalue weighted by molar-refractivity contribution is 7.17. The Balaban J connectivity index is 1.56. The SMILES string of the molecule is CC(C)CCn1c(=O)c2sccc2n2c(=O)n(CC(=O)NC(C)CCc3ccccc3)nc12. The predicted octanol–water partition coefficient (Wildman–Crippen LogP) is 3.06. The van der Waals surface area contributed by atoms with Crippen LogP contribution in [0.3, 0.4) is 0 Å². The first-order valence-electron chi connectivity index (χ1n) is 11.3. The topological polar surface area (TPSA) is 90.4 Å². The van der Waals surface area contributed by atoms with Crippen LogP contribution in [0.5, 0.6) is 0 Å².